The first kappa shape index (κ1) is 11.6. The molecular weight excluding hydrogens is 216 g/mol. The first-order valence-electron chi connectivity index (χ1n) is 5.80. The number of carbonyl (C=O) groups is 1. The molecule has 1 aliphatic rings. The second-order valence-corrected chi connectivity index (χ2v) is 4.08. The Morgan fingerprint density at radius 1 is 1.65 bits per heavy atom. The summed E-state index contributed by atoms with van der Waals surface area (Å²) in [6.07, 6.45) is 6.80. The van der Waals surface area contributed by atoms with E-state index in [4.69, 9.17) is 4.74 Å². The molecular formula is C13H16N2O2. The highest BCUT2D eigenvalue weighted by Crippen LogP contribution is 2.24. The van der Waals surface area contributed by atoms with Crippen LogP contribution >= 0.6 is 0 Å². The summed E-state index contributed by atoms with van der Waals surface area (Å²) in [5.41, 5.74) is 0.789. The lowest BCUT2D eigenvalue weighted by Gasteiger charge is -2.26. The predicted octanol–water partition coefficient (Wildman–Crippen LogP) is 1.82. The van der Waals surface area contributed by atoms with Crippen LogP contribution < -0.4 is 10.1 Å². The van der Waals surface area contributed by atoms with Gasteiger partial charge < -0.3 is 10.1 Å². The normalized spacial score (nSPS) is 14.8. The minimum Gasteiger partial charge on any atom is -0.490 e. The number of aromatic nitrogens is 1. The van der Waals surface area contributed by atoms with Crippen molar-refractivity contribution in [2.24, 2.45) is 0 Å². The van der Waals surface area contributed by atoms with E-state index in [1.165, 1.54) is 12.5 Å². The summed E-state index contributed by atoms with van der Waals surface area (Å²) >= 11 is 0. The molecule has 1 fully saturated rings. The van der Waals surface area contributed by atoms with Crippen LogP contribution in [-0.2, 0) is 11.3 Å². The standard InChI is InChI=1S/C13H16N2O2/c1-2-13(16)15-9-10-8-12(6-7-14-10)17-11-4-3-5-11/h2,6-8,11H,1,3-5,9H2,(H,15,16). The lowest BCUT2D eigenvalue weighted by molar-refractivity contribution is -0.116. The largest absolute Gasteiger partial charge is 0.490 e. The molecule has 1 saturated carbocycles. The third-order valence-corrected chi connectivity index (χ3v) is 2.77. The van der Waals surface area contributed by atoms with E-state index < -0.39 is 0 Å². The van der Waals surface area contributed by atoms with Gasteiger partial charge in [-0.3, -0.25) is 9.78 Å². The molecule has 17 heavy (non-hydrogen) atoms. The highest BCUT2D eigenvalue weighted by molar-refractivity contribution is 5.86. The number of pyridine rings is 1. The zero-order chi connectivity index (χ0) is 12.1. The van der Waals surface area contributed by atoms with Gasteiger partial charge in [0.05, 0.1) is 18.3 Å². The van der Waals surface area contributed by atoms with Crippen molar-refractivity contribution >= 4 is 5.91 Å². The third-order valence-electron chi connectivity index (χ3n) is 2.77. The zero-order valence-electron chi connectivity index (χ0n) is 9.69. The fourth-order valence-electron chi connectivity index (χ4n) is 1.56. The molecule has 0 radical (unpaired) electrons. The molecule has 2 rings (SSSR count). The van der Waals surface area contributed by atoms with Crippen molar-refractivity contribution in [1.82, 2.24) is 10.3 Å². The predicted molar refractivity (Wildman–Crippen MR) is 64.5 cm³/mol. The average Bonchev–Trinajstić information content (AvgIpc) is 2.31. The van der Waals surface area contributed by atoms with Crippen LogP contribution in [-0.4, -0.2) is 17.0 Å². The Morgan fingerprint density at radius 3 is 3.12 bits per heavy atom. The van der Waals surface area contributed by atoms with Gasteiger partial charge in [0.1, 0.15) is 5.75 Å². The van der Waals surface area contributed by atoms with Crippen LogP contribution in [0.1, 0.15) is 25.0 Å². The van der Waals surface area contributed by atoms with Crippen LogP contribution in [0.4, 0.5) is 0 Å². The summed E-state index contributed by atoms with van der Waals surface area (Å²) in [5.74, 6) is 0.629. The zero-order valence-corrected chi connectivity index (χ0v) is 9.69. The number of rotatable bonds is 5. The van der Waals surface area contributed by atoms with Gasteiger partial charge in [0.2, 0.25) is 5.91 Å². The number of hydrogen-bond donors (Lipinski definition) is 1. The Labute approximate surface area is 101 Å². The molecule has 1 amide bonds. The molecule has 0 bridgehead atoms. The van der Waals surface area contributed by atoms with E-state index in [0.29, 0.717) is 12.6 Å². The molecule has 4 nitrogen and oxygen atoms in total. The number of carbonyl (C=O) groups excluding carboxylic acids is 1. The van der Waals surface area contributed by atoms with Gasteiger partial charge >= 0.3 is 0 Å². The van der Waals surface area contributed by atoms with E-state index in [9.17, 15) is 4.79 Å². The van der Waals surface area contributed by atoms with Crippen molar-refractivity contribution in [3.8, 4) is 5.75 Å². The Kier molecular flexibility index (Phi) is 3.75. The molecule has 0 saturated heterocycles. The maximum Gasteiger partial charge on any atom is 0.243 e. The number of hydrogen-bond acceptors (Lipinski definition) is 3. The topological polar surface area (TPSA) is 51.2 Å². The first-order chi connectivity index (χ1) is 8.28. The molecule has 0 aliphatic heterocycles. The third kappa shape index (κ3) is 3.31. The lowest BCUT2D eigenvalue weighted by atomic mass is 9.96. The average molecular weight is 232 g/mol. The van der Waals surface area contributed by atoms with Gasteiger partial charge in [-0.1, -0.05) is 6.58 Å². The van der Waals surface area contributed by atoms with E-state index in [1.54, 1.807) is 6.20 Å². The summed E-state index contributed by atoms with van der Waals surface area (Å²) in [6.45, 7) is 3.79. The van der Waals surface area contributed by atoms with Gasteiger partial charge in [0.15, 0.2) is 0 Å². The Hall–Kier alpha value is -1.84. The fraction of sp³-hybridized carbons (Fsp3) is 0.385. The molecule has 0 unspecified atom stereocenters. The van der Waals surface area contributed by atoms with Crippen molar-refractivity contribution in [2.75, 3.05) is 0 Å². The molecule has 1 aromatic rings. The van der Waals surface area contributed by atoms with Gasteiger partial charge in [-0.25, -0.2) is 0 Å². The molecule has 0 spiro atoms. The van der Waals surface area contributed by atoms with Crippen LogP contribution in [0.25, 0.3) is 0 Å². The van der Waals surface area contributed by atoms with Crippen LogP contribution in [0.15, 0.2) is 31.0 Å². The van der Waals surface area contributed by atoms with Crippen molar-refractivity contribution in [3.05, 3.63) is 36.7 Å². The first-order valence-corrected chi connectivity index (χ1v) is 5.80. The second-order valence-electron chi connectivity index (χ2n) is 4.08. The summed E-state index contributed by atoms with van der Waals surface area (Å²) < 4.78 is 5.75. The van der Waals surface area contributed by atoms with Crippen molar-refractivity contribution in [3.63, 3.8) is 0 Å². The van der Waals surface area contributed by atoms with Crippen LogP contribution in [0.2, 0.25) is 0 Å². The van der Waals surface area contributed by atoms with Gasteiger partial charge in [0.25, 0.3) is 0 Å². The van der Waals surface area contributed by atoms with Gasteiger partial charge in [0, 0.05) is 12.3 Å². The van der Waals surface area contributed by atoms with E-state index >= 15 is 0 Å². The van der Waals surface area contributed by atoms with E-state index in [0.717, 1.165) is 24.3 Å². The molecule has 0 aromatic carbocycles. The maximum atomic E-state index is 11.0. The number of nitrogens with one attached hydrogen (secondary N) is 1. The molecule has 1 N–H and O–H groups in total. The van der Waals surface area contributed by atoms with Crippen LogP contribution in [0.5, 0.6) is 5.75 Å². The van der Waals surface area contributed by atoms with Crippen LogP contribution in [0, 0.1) is 0 Å². The minimum absolute atomic E-state index is 0.197. The quantitative estimate of drug-likeness (QED) is 0.788. The van der Waals surface area contributed by atoms with E-state index in [2.05, 4.69) is 16.9 Å². The molecule has 4 heteroatoms. The van der Waals surface area contributed by atoms with Gasteiger partial charge in [-0.05, 0) is 31.4 Å². The Bertz CT molecular complexity index is 414. The minimum atomic E-state index is -0.197. The monoisotopic (exact) mass is 232 g/mol. The smallest absolute Gasteiger partial charge is 0.243 e. The second kappa shape index (κ2) is 5.48. The lowest BCUT2D eigenvalue weighted by Crippen LogP contribution is -2.25. The van der Waals surface area contributed by atoms with Crippen molar-refractivity contribution in [1.29, 1.82) is 0 Å². The molecule has 90 valence electrons. The number of amides is 1. The molecule has 1 heterocycles. The van der Waals surface area contributed by atoms with Crippen LogP contribution in [0.3, 0.4) is 0 Å². The van der Waals surface area contributed by atoms with Crippen molar-refractivity contribution in [2.45, 2.75) is 31.9 Å². The molecule has 1 aliphatic carbocycles. The van der Waals surface area contributed by atoms with E-state index in [-0.39, 0.29) is 5.91 Å². The van der Waals surface area contributed by atoms with Crippen molar-refractivity contribution < 1.29 is 9.53 Å². The summed E-state index contributed by atoms with van der Waals surface area (Å²) in [5, 5.41) is 2.68. The summed E-state index contributed by atoms with van der Waals surface area (Å²) in [4.78, 5) is 15.2. The summed E-state index contributed by atoms with van der Waals surface area (Å²) in [7, 11) is 0. The summed E-state index contributed by atoms with van der Waals surface area (Å²) in [6, 6.07) is 3.71. The van der Waals surface area contributed by atoms with Gasteiger partial charge in [-0.15, -0.1) is 0 Å². The number of nitrogens with zero attached hydrogens (tertiary/aromatic N) is 1. The highest BCUT2D eigenvalue weighted by Gasteiger charge is 2.19. The Morgan fingerprint density at radius 2 is 2.47 bits per heavy atom. The van der Waals surface area contributed by atoms with E-state index in [1.807, 2.05) is 12.1 Å². The van der Waals surface area contributed by atoms with Gasteiger partial charge in [-0.2, -0.15) is 0 Å². The fourth-order valence-corrected chi connectivity index (χ4v) is 1.56. The maximum absolute atomic E-state index is 11.0. The molecule has 1 aromatic heterocycles. The highest BCUT2D eigenvalue weighted by atomic mass is 16.5. The number of ether oxygens (including phenoxy) is 1. The Balaban J connectivity index is 1.90. The molecule has 0 atom stereocenters. The SMILES string of the molecule is C=CC(=O)NCc1cc(OC2CCC2)ccn1.